The third-order valence-electron chi connectivity index (χ3n) is 2.66. The molecule has 1 aliphatic heterocycles. The molecule has 60 valence electrons. The number of rotatable bonds is 2. The Morgan fingerprint density at radius 2 is 2.30 bits per heavy atom. The topological polar surface area (TPSA) is 32.3 Å². The van der Waals surface area contributed by atoms with E-state index in [0.29, 0.717) is 5.92 Å². The molecule has 1 atom stereocenters. The highest BCUT2D eigenvalue weighted by Gasteiger charge is 2.35. The third kappa shape index (κ3) is 1.18. The molecule has 0 saturated carbocycles. The summed E-state index contributed by atoms with van der Waals surface area (Å²) >= 11 is 0. The fourth-order valence-corrected chi connectivity index (χ4v) is 1.64. The molecule has 1 aliphatic rings. The highest BCUT2D eigenvalue weighted by molar-refractivity contribution is 4.94. The molecule has 1 unspecified atom stereocenters. The molecule has 0 aromatic carbocycles. The molecule has 0 radical (unpaired) electrons. The molecular weight excluding hydrogens is 126 g/mol. The standard InChI is InChI=1S/C8H17NO/c1-7(2)8(6-10)4-3-5-9-8/h7,9-10H,3-6H2,1-2H3. The molecule has 10 heavy (non-hydrogen) atoms. The van der Waals surface area contributed by atoms with Crippen LogP contribution in [0.25, 0.3) is 0 Å². The Labute approximate surface area is 62.6 Å². The fraction of sp³-hybridized carbons (Fsp3) is 1.00. The van der Waals surface area contributed by atoms with Crippen LogP contribution >= 0.6 is 0 Å². The zero-order chi connectivity index (χ0) is 7.61. The Kier molecular flexibility index (Phi) is 2.32. The van der Waals surface area contributed by atoms with Gasteiger partial charge in [0.15, 0.2) is 0 Å². The largest absolute Gasteiger partial charge is 0.394 e. The van der Waals surface area contributed by atoms with Gasteiger partial charge in [0.2, 0.25) is 0 Å². The molecular formula is C8H17NO. The van der Waals surface area contributed by atoms with Crippen LogP contribution in [0.15, 0.2) is 0 Å². The van der Waals surface area contributed by atoms with Gasteiger partial charge in [0.25, 0.3) is 0 Å². The number of nitrogens with one attached hydrogen (secondary N) is 1. The predicted molar refractivity (Wildman–Crippen MR) is 41.9 cm³/mol. The summed E-state index contributed by atoms with van der Waals surface area (Å²) in [6, 6.07) is 0. The highest BCUT2D eigenvalue weighted by atomic mass is 16.3. The Bertz CT molecular complexity index is 106. The second-order valence-corrected chi connectivity index (χ2v) is 3.50. The van der Waals surface area contributed by atoms with E-state index in [0.717, 1.165) is 13.0 Å². The Morgan fingerprint density at radius 3 is 2.50 bits per heavy atom. The van der Waals surface area contributed by atoms with E-state index in [1.807, 2.05) is 0 Å². The molecule has 1 rings (SSSR count). The fourth-order valence-electron chi connectivity index (χ4n) is 1.64. The predicted octanol–water partition coefficient (Wildman–Crippen LogP) is 0.757. The molecule has 0 aliphatic carbocycles. The summed E-state index contributed by atoms with van der Waals surface area (Å²) in [5, 5.41) is 12.5. The lowest BCUT2D eigenvalue weighted by atomic mass is 9.86. The average molecular weight is 143 g/mol. The van der Waals surface area contributed by atoms with Gasteiger partial charge in [-0.2, -0.15) is 0 Å². The Morgan fingerprint density at radius 1 is 1.60 bits per heavy atom. The summed E-state index contributed by atoms with van der Waals surface area (Å²) in [4.78, 5) is 0. The van der Waals surface area contributed by atoms with Crippen molar-refractivity contribution >= 4 is 0 Å². The molecule has 2 nitrogen and oxygen atoms in total. The summed E-state index contributed by atoms with van der Waals surface area (Å²) in [5.74, 6) is 0.542. The van der Waals surface area contributed by atoms with Crippen molar-refractivity contribution in [3.8, 4) is 0 Å². The molecule has 2 N–H and O–H groups in total. The van der Waals surface area contributed by atoms with Crippen molar-refractivity contribution in [1.82, 2.24) is 5.32 Å². The van der Waals surface area contributed by atoms with E-state index in [1.54, 1.807) is 0 Å². The maximum atomic E-state index is 9.12. The van der Waals surface area contributed by atoms with Gasteiger partial charge in [0.1, 0.15) is 0 Å². The maximum Gasteiger partial charge on any atom is 0.0615 e. The van der Waals surface area contributed by atoms with E-state index < -0.39 is 0 Å². The van der Waals surface area contributed by atoms with Crippen LogP contribution in [0.1, 0.15) is 26.7 Å². The maximum absolute atomic E-state index is 9.12. The number of hydrogen-bond acceptors (Lipinski definition) is 2. The van der Waals surface area contributed by atoms with Gasteiger partial charge in [-0.05, 0) is 25.3 Å². The van der Waals surface area contributed by atoms with E-state index in [4.69, 9.17) is 5.11 Å². The second kappa shape index (κ2) is 2.89. The number of aliphatic hydroxyl groups is 1. The molecule has 0 spiro atoms. The van der Waals surface area contributed by atoms with Gasteiger partial charge >= 0.3 is 0 Å². The molecule has 1 heterocycles. The lowest BCUT2D eigenvalue weighted by Crippen LogP contribution is -2.48. The minimum absolute atomic E-state index is 0.0417. The molecule has 2 heteroatoms. The van der Waals surface area contributed by atoms with E-state index in [9.17, 15) is 0 Å². The van der Waals surface area contributed by atoms with Gasteiger partial charge in [-0.25, -0.2) is 0 Å². The van der Waals surface area contributed by atoms with Crippen LogP contribution in [0.3, 0.4) is 0 Å². The number of aliphatic hydroxyl groups excluding tert-OH is 1. The van der Waals surface area contributed by atoms with Crippen LogP contribution in [0.2, 0.25) is 0 Å². The van der Waals surface area contributed by atoms with Crippen molar-refractivity contribution in [2.75, 3.05) is 13.2 Å². The van der Waals surface area contributed by atoms with Crippen molar-refractivity contribution in [3.63, 3.8) is 0 Å². The molecule has 0 amide bonds. The van der Waals surface area contributed by atoms with E-state index in [-0.39, 0.29) is 12.1 Å². The quantitative estimate of drug-likeness (QED) is 0.598. The van der Waals surface area contributed by atoms with E-state index in [1.165, 1.54) is 6.42 Å². The van der Waals surface area contributed by atoms with Gasteiger partial charge in [0.05, 0.1) is 6.61 Å². The van der Waals surface area contributed by atoms with Crippen LogP contribution in [-0.2, 0) is 0 Å². The average Bonchev–Trinajstić information content (AvgIpc) is 2.35. The lowest BCUT2D eigenvalue weighted by Gasteiger charge is -2.31. The van der Waals surface area contributed by atoms with Crippen molar-refractivity contribution < 1.29 is 5.11 Å². The lowest BCUT2D eigenvalue weighted by molar-refractivity contribution is 0.136. The van der Waals surface area contributed by atoms with Gasteiger partial charge in [-0.15, -0.1) is 0 Å². The summed E-state index contributed by atoms with van der Waals surface area (Å²) < 4.78 is 0. The van der Waals surface area contributed by atoms with Crippen LogP contribution in [0.4, 0.5) is 0 Å². The monoisotopic (exact) mass is 143 g/mol. The zero-order valence-electron chi connectivity index (χ0n) is 6.85. The van der Waals surface area contributed by atoms with E-state index in [2.05, 4.69) is 19.2 Å². The summed E-state index contributed by atoms with van der Waals surface area (Å²) in [6.45, 7) is 5.67. The van der Waals surface area contributed by atoms with Crippen molar-refractivity contribution in [2.24, 2.45) is 5.92 Å². The summed E-state index contributed by atoms with van der Waals surface area (Å²) in [6.07, 6.45) is 2.33. The summed E-state index contributed by atoms with van der Waals surface area (Å²) in [5.41, 5.74) is 0.0417. The SMILES string of the molecule is CC(C)C1(CO)CCCN1. The smallest absolute Gasteiger partial charge is 0.0615 e. The Balaban J connectivity index is 2.58. The zero-order valence-corrected chi connectivity index (χ0v) is 6.85. The minimum Gasteiger partial charge on any atom is -0.394 e. The summed E-state index contributed by atoms with van der Waals surface area (Å²) in [7, 11) is 0. The second-order valence-electron chi connectivity index (χ2n) is 3.50. The normalized spacial score (nSPS) is 33.6. The molecule has 1 fully saturated rings. The van der Waals surface area contributed by atoms with Crippen molar-refractivity contribution in [1.29, 1.82) is 0 Å². The van der Waals surface area contributed by atoms with Gasteiger partial charge in [-0.3, -0.25) is 0 Å². The van der Waals surface area contributed by atoms with Crippen LogP contribution in [0, 0.1) is 5.92 Å². The van der Waals surface area contributed by atoms with E-state index >= 15 is 0 Å². The Hall–Kier alpha value is -0.0800. The first-order valence-corrected chi connectivity index (χ1v) is 4.07. The molecule has 0 bridgehead atoms. The molecule has 1 saturated heterocycles. The third-order valence-corrected chi connectivity index (χ3v) is 2.66. The van der Waals surface area contributed by atoms with Crippen LogP contribution < -0.4 is 5.32 Å². The molecule has 0 aromatic rings. The van der Waals surface area contributed by atoms with Crippen LogP contribution in [-0.4, -0.2) is 23.8 Å². The van der Waals surface area contributed by atoms with Gasteiger partial charge in [0, 0.05) is 5.54 Å². The van der Waals surface area contributed by atoms with Gasteiger partial charge in [-0.1, -0.05) is 13.8 Å². The first kappa shape index (κ1) is 8.02. The van der Waals surface area contributed by atoms with Crippen molar-refractivity contribution in [3.05, 3.63) is 0 Å². The van der Waals surface area contributed by atoms with Crippen LogP contribution in [0.5, 0.6) is 0 Å². The number of hydrogen-bond donors (Lipinski definition) is 2. The van der Waals surface area contributed by atoms with Gasteiger partial charge < -0.3 is 10.4 Å². The minimum atomic E-state index is 0.0417. The first-order chi connectivity index (χ1) is 4.71. The molecule has 0 aromatic heterocycles. The first-order valence-electron chi connectivity index (χ1n) is 4.07. The highest BCUT2D eigenvalue weighted by Crippen LogP contribution is 2.26. The van der Waals surface area contributed by atoms with Crippen molar-refractivity contribution in [2.45, 2.75) is 32.2 Å².